The molecular weight excluding hydrogens is 282 g/mol. The van der Waals surface area contributed by atoms with Gasteiger partial charge in [-0.3, -0.25) is 9.78 Å². The van der Waals surface area contributed by atoms with Crippen molar-refractivity contribution in [2.75, 3.05) is 0 Å². The average Bonchev–Trinajstić information content (AvgIpc) is 2.67. The van der Waals surface area contributed by atoms with E-state index in [4.69, 9.17) is 0 Å². The molecule has 2 heterocycles. The molecule has 0 radical (unpaired) electrons. The highest BCUT2D eigenvalue weighted by Gasteiger charge is 2.14. The summed E-state index contributed by atoms with van der Waals surface area (Å²) < 4.78 is 1.63. The Bertz CT molecular complexity index is 952. The number of aromatic nitrogens is 3. The number of H-pyrrole nitrogens is 1. The lowest BCUT2D eigenvalue weighted by Gasteiger charge is -1.96. The molecule has 0 saturated heterocycles. The number of hydrogen-bond acceptors (Lipinski definition) is 5. The van der Waals surface area contributed by atoms with E-state index < -0.39 is 0 Å². The number of azo groups is 1. The lowest BCUT2D eigenvalue weighted by molar-refractivity contribution is 0.436. The van der Waals surface area contributed by atoms with Gasteiger partial charge in [0.15, 0.2) is 5.69 Å². The fraction of sp³-hybridized carbons (Fsp3) is 0.200. The number of aryl methyl sites for hydroxylation is 3. The molecule has 7 nitrogen and oxygen atoms in total. The second-order valence-corrected chi connectivity index (χ2v) is 5.16. The lowest BCUT2D eigenvalue weighted by Crippen LogP contribution is -2.05. The van der Waals surface area contributed by atoms with Crippen LogP contribution in [-0.4, -0.2) is 19.6 Å². The van der Waals surface area contributed by atoms with Gasteiger partial charge in [0, 0.05) is 24.2 Å². The van der Waals surface area contributed by atoms with Crippen molar-refractivity contribution in [3.63, 3.8) is 0 Å². The van der Waals surface area contributed by atoms with Crippen LogP contribution in [0.3, 0.4) is 0 Å². The van der Waals surface area contributed by atoms with Crippen LogP contribution in [0.15, 0.2) is 39.3 Å². The van der Waals surface area contributed by atoms with Gasteiger partial charge in [-0.25, -0.2) is 4.98 Å². The number of aromatic amines is 1. The van der Waals surface area contributed by atoms with Crippen LogP contribution in [0.4, 0.5) is 11.6 Å². The van der Waals surface area contributed by atoms with E-state index in [-0.39, 0.29) is 17.4 Å². The van der Waals surface area contributed by atoms with E-state index in [9.17, 15) is 9.90 Å². The fourth-order valence-electron chi connectivity index (χ4n) is 2.33. The Kier molecular flexibility index (Phi) is 3.25. The maximum atomic E-state index is 11.4. The normalized spacial score (nSPS) is 11.6. The van der Waals surface area contributed by atoms with Crippen LogP contribution in [0.1, 0.15) is 11.3 Å². The van der Waals surface area contributed by atoms with Gasteiger partial charge >= 0.3 is 0 Å². The zero-order valence-electron chi connectivity index (χ0n) is 12.5. The molecule has 0 aliphatic rings. The number of nitrogens with one attached hydrogen (secondary N) is 1. The van der Waals surface area contributed by atoms with Crippen molar-refractivity contribution in [3.05, 3.63) is 45.9 Å². The minimum atomic E-state index is -0.292. The Labute approximate surface area is 126 Å². The highest BCUT2D eigenvalue weighted by molar-refractivity contribution is 5.95. The molecule has 0 bridgehead atoms. The smallest absolute Gasteiger partial charge is 0.252 e. The number of rotatable bonds is 2. The standard InChI is InChI=1S/C15H15N5O2/c1-8-4-5-11-10(6-8)13(14(22)20(11)3)18-19-15-16-9(2)7-12(21)17-15/h4-7,22H,1-3H3,(H,16,17,21). The Balaban J connectivity index is 2.14. The zero-order valence-corrected chi connectivity index (χ0v) is 12.5. The Hall–Kier alpha value is -2.96. The van der Waals surface area contributed by atoms with E-state index in [1.807, 2.05) is 25.1 Å². The predicted octanol–water partition coefficient (Wildman–Crippen LogP) is 3.00. The van der Waals surface area contributed by atoms with Gasteiger partial charge in [0.2, 0.25) is 11.8 Å². The quantitative estimate of drug-likeness (QED) is 0.712. The van der Waals surface area contributed by atoms with Crippen LogP contribution >= 0.6 is 0 Å². The highest BCUT2D eigenvalue weighted by atomic mass is 16.3. The Morgan fingerprint density at radius 2 is 2.00 bits per heavy atom. The first-order valence-electron chi connectivity index (χ1n) is 6.73. The molecule has 0 aliphatic carbocycles. The summed E-state index contributed by atoms with van der Waals surface area (Å²) in [6.07, 6.45) is 0. The van der Waals surface area contributed by atoms with Gasteiger partial charge in [0.25, 0.3) is 5.56 Å². The molecule has 0 aliphatic heterocycles. The van der Waals surface area contributed by atoms with Crippen molar-refractivity contribution in [3.8, 4) is 5.88 Å². The molecule has 1 aromatic carbocycles. The minimum absolute atomic E-state index is 0.0133. The first-order chi connectivity index (χ1) is 10.5. The van der Waals surface area contributed by atoms with Crippen molar-refractivity contribution < 1.29 is 5.11 Å². The van der Waals surface area contributed by atoms with Gasteiger partial charge in [-0.2, -0.15) is 0 Å². The molecule has 2 aromatic heterocycles. The molecule has 0 fully saturated rings. The third kappa shape index (κ3) is 2.37. The Morgan fingerprint density at radius 1 is 1.23 bits per heavy atom. The molecule has 2 N–H and O–H groups in total. The molecular formula is C15H15N5O2. The molecule has 3 aromatic rings. The van der Waals surface area contributed by atoms with Crippen LogP contribution in [-0.2, 0) is 7.05 Å². The maximum Gasteiger partial charge on any atom is 0.252 e. The molecule has 7 heteroatoms. The van der Waals surface area contributed by atoms with Crippen LogP contribution in [0.25, 0.3) is 10.9 Å². The van der Waals surface area contributed by atoms with Crippen LogP contribution in [0, 0.1) is 13.8 Å². The number of fused-ring (bicyclic) bond motifs is 1. The molecule has 3 rings (SSSR count). The lowest BCUT2D eigenvalue weighted by atomic mass is 10.1. The van der Waals surface area contributed by atoms with E-state index in [0.717, 1.165) is 16.5 Å². The Morgan fingerprint density at radius 3 is 2.73 bits per heavy atom. The number of nitrogens with zero attached hydrogens (tertiary/aromatic N) is 4. The van der Waals surface area contributed by atoms with Gasteiger partial charge in [0.05, 0.1) is 5.52 Å². The molecule has 22 heavy (non-hydrogen) atoms. The highest BCUT2D eigenvalue weighted by Crippen LogP contribution is 2.38. The number of hydrogen-bond donors (Lipinski definition) is 2. The topological polar surface area (TPSA) is 95.6 Å². The number of aromatic hydroxyl groups is 1. The van der Waals surface area contributed by atoms with Crippen LogP contribution in [0.2, 0.25) is 0 Å². The van der Waals surface area contributed by atoms with Gasteiger partial charge in [0.1, 0.15) is 0 Å². The van der Waals surface area contributed by atoms with E-state index in [2.05, 4.69) is 20.2 Å². The van der Waals surface area contributed by atoms with Gasteiger partial charge < -0.3 is 9.67 Å². The monoisotopic (exact) mass is 297 g/mol. The molecule has 0 saturated carbocycles. The van der Waals surface area contributed by atoms with Gasteiger partial charge in [-0.05, 0) is 26.0 Å². The summed E-state index contributed by atoms with van der Waals surface area (Å²) in [7, 11) is 1.75. The summed E-state index contributed by atoms with van der Waals surface area (Å²) in [6, 6.07) is 7.17. The first kappa shape index (κ1) is 14.0. The third-order valence-electron chi connectivity index (χ3n) is 3.40. The second kappa shape index (κ2) is 5.10. The van der Waals surface area contributed by atoms with E-state index in [1.165, 1.54) is 6.07 Å². The van der Waals surface area contributed by atoms with Crippen molar-refractivity contribution >= 4 is 22.5 Å². The van der Waals surface area contributed by atoms with Crippen molar-refractivity contribution in [1.29, 1.82) is 0 Å². The van der Waals surface area contributed by atoms with Crippen LogP contribution in [0.5, 0.6) is 5.88 Å². The molecule has 112 valence electrons. The van der Waals surface area contributed by atoms with Gasteiger partial charge in [-0.15, -0.1) is 10.2 Å². The fourth-order valence-corrected chi connectivity index (χ4v) is 2.33. The molecule has 0 atom stereocenters. The van der Waals surface area contributed by atoms with Crippen molar-refractivity contribution in [1.82, 2.24) is 14.5 Å². The largest absolute Gasteiger partial charge is 0.493 e. The zero-order chi connectivity index (χ0) is 15.9. The second-order valence-electron chi connectivity index (χ2n) is 5.16. The van der Waals surface area contributed by atoms with Crippen molar-refractivity contribution in [2.45, 2.75) is 13.8 Å². The van der Waals surface area contributed by atoms with E-state index in [1.54, 1.807) is 18.5 Å². The maximum absolute atomic E-state index is 11.4. The number of benzene rings is 1. The van der Waals surface area contributed by atoms with Crippen LogP contribution < -0.4 is 5.56 Å². The third-order valence-corrected chi connectivity index (χ3v) is 3.40. The van der Waals surface area contributed by atoms with E-state index >= 15 is 0 Å². The summed E-state index contributed by atoms with van der Waals surface area (Å²) in [5, 5.41) is 19.0. The molecule has 0 unspecified atom stereocenters. The summed E-state index contributed by atoms with van der Waals surface area (Å²) >= 11 is 0. The molecule has 0 amide bonds. The minimum Gasteiger partial charge on any atom is -0.493 e. The summed E-state index contributed by atoms with van der Waals surface area (Å²) in [4.78, 5) is 18.0. The predicted molar refractivity (Wildman–Crippen MR) is 83.1 cm³/mol. The summed E-state index contributed by atoms with van der Waals surface area (Å²) in [5.41, 5.74) is 2.51. The first-order valence-corrected chi connectivity index (χ1v) is 6.73. The summed E-state index contributed by atoms with van der Waals surface area (Å²) in [6.45, 7) is 3.66. The van der Waals surface area contributed by atoms with Gasteiger partial charge in [-0.1, -0.05) is 11.6 Å². The van der Waals surface area contributed by atoms with Crippen molar-refractivity contribution in [2.24, 2.45) is 17.3 Å². The molecule has 0 spiro atoms. The summed E-state index contributed by atoms with van der Waals surface area (Å²) in [5.74, 6) is 0.119. The SMILES string of the molecule is Cc1ccc2c(c1)c(N=Nc1nc(C)cc(=O)[nH]1)c(O)n2C. The average molecular weight is 297 g/mol. The van der Waals surface area contributed by atoms with E-state index in [0.29, 0.717) is 11.4 Å².